The normalized spacial score (nSPS) is 14.8. The number of amides is 1. The van der Waals surface area contributed by atoms with Crippen molar-refractivity contribution in [2.75, 3.05) is 38.6 Å². The Kier molecular flexibility index (Phi) is 13.2. The fourth-order valence-corrected chi connectivity index (χ4v) is 5.44. The Morgan fingerprint density at radius 2 is 1.88 bits per heavy atom. The molecule has 1 fully saturated rings. The largest absolute Gasteiger partial charge is 0.379 e. The first kappa shape index (κ1) is 28.5. The minimum atomic E-state index is -0.717. The number of carbonyl (C=O) groups is 1. The van der Waals surface area contributed by atoms with Gasteiger partial charge in [-0.2, -0.15) is 10.5 Å². The number of morpholine rings is 1. The monoisotopic (exact) mass is 485 g/mol. The molecular formula is C24H31N5O2S2. The van der Waals surface area contributed by atoms with Crippen LogP contribution in [0.15, 0.2) is 47.5 Å². The van der Waals surface area contributed by atoms with Crippen LogP contribution >= 0.6 is 23.5 Å². The zero-order valence-corrected chi connectivity index (χ0v) is 20.9. The van der Waals surface area contributed by atoms with E-state index in [-0.39, 0.29) is 0 Å². The highest BCUT2D eigenvalue weighted by atomic mass is 32.2. The Hall–Kier alpha value is -2.56. The van der Waals surface area contributed by atoms with E-state index in [0.29, 0.717) is 38.7 Å². The van der Waals surface area contributed by atoms with E-state index < -0.39 is 11.2 Å². The molecule has 1 saturated heterocycles. The molecule has 1 aromatic rings. The standard InChI is InChI=1S/C22H27N5O2S2.C2H4/c1-4-15(5-2)19(20(25)28)31-22-18(14-24)16(6-3)17(13-23)21(26-22)30-12-9-27-7-10-29-11-8-27;1-2/h4-5,19H,1,6-12H2,2-3H3,(H2,25,28);1-2H2/b15-5+;. The van der Waals surface area contributed by atoms with Crippen molar-refractivity contribution in [2.45, 2.75) is 35.6 Å². The summed E-state index contributed by atoms with van der Waals surface area (Å²) < 4.78 is 5.38. The number of rotatable bonds is 10. The molecule has 1 aliphatic heterocycles. The van der Waals surface area contributed by atoms with Gasteiger partial charge in [0.25, 0.3) is 0 Å². The second-order valence-corrected chi connectivity index (χ2v) is 8.90. The summed E-state index contributed by atoms with van der Waals surface area (Å²) in [6.45, 7) is 17.5. The van der Waals surface area contributed by atoms with Crippen LogP contribution in [0.3, 0.4) is 0 Å². The summed E-state index contributed by atoms with van der Waals surface area (Å²) in [5, 5.41) is 19.9. The molecule has 1 amide bonds. The molecule has 1 unspecified atom stereocenters. The van der Waals surface area contributed by atoms with Crippen LogP contribution in [0.4, 0.5) is 0 Å². The fourth-order valence-electron chi connectivity index (χ4n) is 3.24. The maximum atomic E-state index is 12.1. The van der Waals surface area contributed by atoms with Gasteiger partial charge in [-0.1, -0.05) is 37.4 Å². The number of aromatic nitrogens is 1. The number of ether oxygens (including phenoxy) is 1. The zero-order chi connectivity index (χ0) is 24.8. The Balaban J connectivity index is 0.00000265. The van der Waals surface area contributed by atoms with Crippen molar-refractivity contribution in [1.82, 2.24) is 9.88 Å². The van der Waals surface area contributed by atoms with Gasteiger partial charge in [-0.05, 0) is 24.5 Å². The van der Waals surface area contributed by atoms with Crippen LogP contribution in [0.25, 0.3) is 0 Å². The first-order valence-corrected chi connectivity index (χ1v) is 12.4. The van der Waals surface area contributed by atoms with E-state index in [4.69, 9.17) is 10.5 Å². The van der Waals surface area contributed by atoms with E-state index >= 15 is 0 Å². The number of carbonyl (C=O) groups excluding carboxylic acids is 1. The molecular weight excluding hydrogens is 454 g/mol. The van der Waals surface area contributed by atoms with Crippen LogP contribution in [0, 0.1) is 22.7 Å². The Bertz CT molecular complexity index is 944. The number of nitrogens with zero attached hydrogens (tertiary/aromatic N) is 4. The minimum Gasteiger partial charge on any atom is -0.379 e. The summed E-state index contributed by atoms with van der Waals surface area (Å²) in [7, 11) is 0. The van der Waals surface area contributed by atoms with Crippen molar-refractivity contribution >= 4 is 29.4 Å². The molecule has 0 bridgehead atoms. The Morgan fingerprint density at radius 1 is 1.27 bits per heavy atom. The molecule has 1 atom stereocenters. The predicted octanol–water partition coefficient (Wildman–Crippen LogP) is 3.69. The summed E-state index contributed by atoms with van der Waals surface area (Å²) >= 11 is 2.63. The third kappa shape index (κ3) is 7.76. The van der Waals surface area contributed by atoms with Gasteiger partial charge in [0.1, 0.15) is 27.4 Å². The lowest BCUT2D eigenvalue weighted by molar-refractivity contribution is -0.116. The van der Waals surface area contributed by atoms with Gasteiger partial charge in [0, 0.05) is 25.4 Å². The van der Waals surface area contributed by atoms with Gasteiger partial charge in [-0.3, -0.25) is 9.69 Å². The number of primary amides is 1. The highest BCUT2D eigenvalue weighted by molar-refractivity contribution is 8.01. The van der Waals surface area contributed by atoms with Crippen molar-refractivity contribution < 1.29 is 9.53 Å². The molecule has 0 spiro atoms. The summed E-state index contributed by atoms with van der Waals surface area (Å²) in [5.41, 5.74) is 7.69. The number of pyridine rings is 1. The number of thioether (sulfide) groups is 2. The lowest BCUT2D eigenvalue weighted by atomic mass is 10.0. The molecule has 33 heavy (non-hydrogen) atoms. The molecule has 0 saturated carbocycles. The van der Waals surface area contributed by atoms with Gasteiger partial charge in [0.15, 0.2) is 0 Å². The summed E-state index contributed by atoms with van der Waals surface area (Å²) in [4.78, 5) is 19.1. The van der Waals surface area contributed by atoms with Crippen molar-refractivity contribution in [2.24, 2.45) is 5.73 Å². The molecule has 2 N–H and O–H groups in total. The topological polar surface area (TPSA) is 116 Å². The lowest BCUT2D eigenvalue weighted by Crippen LogP contribution is -2.37. The second-order valence-electron chi connectivity index (χ2n) is 6.72. The molecule has 1 aliphatic rings. The van der Waals surface area contributed by atoms with Gasteiger partial charge in [-0.25, -0.2) is 4.98 Å². The third-order valence-corrected chi connectivity index (χ3v) is 7.14. The van der Waals surface area contributed by atoms with Crippen LogP contribution in [0.5, 0.6) is 0 Å². The van der Waals surface area contributed by atoms with Crippen LogP contribution in [-0.2, 0) is 16.0 Å². The SMILES string of the molecule is C=C.C=C/C(=C\C)C(Sc1nc(SCCN2CCOCC2)c(C#N)c(CC)c1C#N)C(N)=O. The molecule has 0 aromatic carbocycles. The van der Waals surface area contributed by atoms with E-state index in [2.05, 4.69) is 41.8 Å². The van der Waals surface area contributed by atoms with Crippen molar-refractivity contribution in [3.63, 3.8) is 0 Å². The molecule has 0 radical (unpaired) electrons. The summed E-state index contributed by atoms with van der Waals surface area (Å²) in [5.74, 6) is 0.222. The third-order valence-electron chi connectivity index (χ3n) is 4.92. The highest BCUT2D eigenvalue weighted by Crippen LogP contribution is 2.36. The van der Waals surface area contributed by atoms with E-state index in [1.54, 1.807) is 19.1 Å². The van der Waals surface area contributed by atoms with E-state index in [0.717, 1.165) is 50.4 Å². The van der Waals surface area contributed by atoms with Crippen LogP contribution in [-0.4, -0.2) is 59.6 Å². The number of nitriles is 2. The van der Waals surface area contributed by atoms with Gasteiger partial charge in [-0.15, -0.1) is 24.9 Å². The maximum absolute atomic E-state index is 12.1. The number of allylic oxidation sites excluding steroid dienone is 2. The summed E-state index contributed by atoms with van der Waals surface area (Å²) in [6.07, 6.45) is 3.86. The van der Waals surface area contributed by atoms with Crippen LogP contribution < -0.4 is 5.73 Å². The van der Waals surface area contributed by atoms with E-state index in [9.17, 15) is 15.3 Å². The Morgan fingerprint density at radius 3 is 2.36 bits per heavy atom. The van der Waals surface area contributed by atoms with Crippen molar-refractivity contribution in [3.8, 4) is 12.1 Å². The Labute approximate surface area is 205 Å². The summed E-state index contributed by atoms with van der Waals surface area (Å²) in [6, 6.07) is 4.41. The zero-order valence-electron chi connectivity index (χ0n) is 19.3. The minimum absolute atomic E-state index is 0.326. The molecule has 2 rings (SSSR count). The van der Waals surface area contributed by atoms with Crippen LogP contribution in [0.1, 0.15) is 30.5 Å². The molecule has 1 aromatic heterocycles. The second kappa shape index (κ2) is 15.3. The van der Waals surface area contributed by atoms with E-state index in [1.807, 2.05) is 6.92 Å². The number of hydrogen-bond donors (Lipinski definition) is 1. The quantitative estimate of drug-likeness (QED) is 0.303. The van der Waals surface area contributed by atoms with E-state index in [1.165, 1.54) is 11.8 Å². The average Bonchev–Trinajstić information content (AvgIpc) is 2.85. The van der Waals surface area contributed by atoms with Crippen LogP contribution in [0.2, 0.25) is 0 Å². The first-order chi connectivity index (χ1) is 16.0. The lowest BCUT2D eigenvalue weighted by Gasteiger charge is -2.26. The van der Waals surface area contributed by atoms with Gasteiger partial charge >= 0.3 is 0 Å². The van der Waals surface area contributed by atoms with Gasteiger partial charge < -0.3 is 10.5 Å². The van der Waals surface area contributed by atoms with Gasteiger partial charge in [0.05, 0.1) is 24.3 Å². The maximum Gasteiger partial charge on any atom is 0.235 e. The molecule has 2 heterocycles. The van der Waals surface area contributed by atoms with Gasteiger partial charge in [0.2, 0.25) is 5.91 Å². The molecule has 9 heteroatoms. The van der Waals surface area contributed by atoms with Crippen molar-refractivity contribution in [3.05, 3.63) is 54.2 Å². The molecule has 0 aliphatic carbocycles. The highest BCUT2D eigenvalue weighted by Gasteiger charge is 2.26. The number of nitrogens with two attached hydrogens (primary N) is 1. The fraction of sp³-hybridized carbons (Fsp3) is 0.417. The molecule has 176 valence electrons. The first-order valence-electron chi connectivity index (χ1n) is 10.5. The molecule has 7 nitrogen and oxygen atoms in total. The number of hydrogen-bond acceptors (Lipinski definition) is 8. The van der Waals surface area contributed by atoms with Crippen molar-refractivity contribution in [1.29, 1.82) is 10.5 Å². The predicted molar refractivity (Wildman–Crippen MR) is 135 cm³/mol. The average molecular weight is 486 g/mol. The smallest absolute Gasteiger partial charge is 0.235 e.